The fourth-order valence-corrected chi connectivity index (χ4v) is 2.07. The molecule has 3 aromatic rings. The van der Waals surface area contributed by atoms with Crippen LogP contribution in [0.1, 0.15) is 5.56 Å². The van der Waals surface area contributed by atoms with Gasteiger partial charge in [0.15, 0.2) is 0 Å². The molecule has 19 heavy (non-hydrogen) atoms. The predicted molar refractivity (Wildman–Crippen MR) is 65.6 cm³/mol. The summed E-state index contributed by atoms with van der Waals surface area (Å²) in [7, 11) is 0. The summed E-state index contributed by atoms with van der Waals surface area (Å²) in [4.78, 5) is 4.10. The van der Waals surface area contributed by atoms with Gasteiger partial charge in [-0.25, -0.2) is 4.98 Å². The van der Waals surface area contributed by atoms with E-state index in [9.17, 15) is 13.2 Å². The zero-order chi connectivity index (χ0) is 13.5. The van der Waals surface area contributed by atoms with Gasteiger partial charge in [-0.3, -0.25) is 4.40 Å². The Balaban J connectivity index is 2.28. The Morgan fingerprint density at radius 1 is 0.947 bits per heavy atom. The Bertz CT molecular complexity index is 729. The van der Waals surface area contributed by atoms with Crippen LogP contribution in [0.5, 0.6) is 0 Å². The lowest BCUT2D eigenvalue weighted by Crippen LogP contribution is -2.07. The van der Waals surface area contributed by atoms with Gasteiger partial charge in [0.25, 0.3) is 0 Å². The third kappa shape index (κ3) is 1.97. The van der Waals surface area contributed by atoms with E-state index in [0.29, 0.717) is 5.82 Å². The molecule has 2 nitrogen and oxygen atoms in total. The van der Waals surface area contributed by atoms with Crippen molar-refractivity contribution in [2.75, 3.05) is 0 Å². The van der Waals surface area contributed by atoms with Gasteiger partial charge in [0.2, 0.25) is 0 Å². The van der Waals surface area contributed by atoms with Crippen molar-refractivity contribution in [3.05, 3.63) is 60.4 Å². The molecule has 0 amide bonds. The average molecular weight is 262 g/mol. The molecule has 5 heteroatoms. The number of imidazole rings is 1. The van der Waals surface area contributed by atoms with Crippen LogP contribution < -0.4 is 0 Å². The lowest BCUT2D eigenvalue weighted by molar-refractivity contribution is -0.137. The molecule has 0 aliphatic carbocycles. The fourth-order valence-electron chi connectivity index (χ4n) is 2.07. The Kier molecular flexibility index (Phi) is 2.55. The van der Waals surface area contributed by atoms with Crippen molar-refractivity contribution >= 4 is 5.52 Å². The number of hydrogen-bond donors (Lipinski definition) is 0. The van der Waals surface area contributed by atoms with Crippen molar-refractivity contribution < 1.29 is 13.2 Å². The van der Waals surface area contributed by atoms with Gasteiger partial charge in [0, 0.05) is 11.8 Å². The Hall–Kier alpha value is -2.30. The van der Waals surface area contributed by atoms with Gasteiger partial charge in [-0.05, 0) is 18.2 Å². The summed E-state index contributed by atoms with van der Waals surface area (Å²) in [5.41, 5.74) is 0.169. The van der Waals surface area contributed by atoms with E-state index >= 15 is 0 Å². The molecule has 3 rings (SSSR count). The number of pyridine rings is 1. The van der Waals surface area contributed by atoms with Crippen LogP contribution in [0.15, 0.2) is 54.9 Å². The first kappa shape index (κ1) is 11.8. The summed E-state index contributed by atoms with van der Waals surface area (Å²) in [6.45, 7) is 0. The van der Waals surface area contributed by atoms with E-state index in [4.69, 9.17) is 0 Å². The van der Waals surface area contributed by atoms with Crippen molar-refractivity contribution in [1.82, 2.24) is 9.38 Å². The Morgan fingerprint density at radius 3 is 2.47 bits per heavy atom. The van der Waals surface area contributed by atoms with E-state index in [1.165, 1.54) is 12.1 Å². The summed E-state index contributed by atoms with van der Waals surface area (Å²) < 4.78 is 40.7. The van der Waals surface area contributed by atoms with Gasteiger partial charge >= 0.3 is 6.18 Å². The summed E-state index contributed by atoms with van der Waals surface area (Å²) in [5.74, 6) is 0.295. The first-order valence-electron chi connectivity index (χ1n) is 5.66. The van der Waals surface area contributed by atoms with E-state index in [-0.39, 0.29) is 5.56 Å². The highest BCUT2D eigenvalue weighted by Gasteiger charge is 2.34. The summed E-state index contributed by atoms with van der Waals surface area (Å²) in [6, 6.07) is 10.8. The molecule has 2 heterocycles. The highest BCUT2D eigenvalue weighted by Crippen LogP contribution is 2.36. The number of alkyl halides is 3. The zero-order valence-corrected chi connectivity index (χ0v) is 9.72. The number of aromatic nitrogens is 2. The van der Waals surface area contributed by atoms with Gasteiger partial charge in [0.1, 0.15) is 5.82 Å². The Labute approximate surface area is 107 Å². The lowest BCUT2D eigenvalue weighted by atomic mass is 10.1. The number of halogens is 3. The summed E-state index contributed by atoms with van der Waals surface area (Å²) in [6.07, 6.45) is -1.13. The topological polar surface area (TPSA) is 17.3 Å². The van der Waals surface area contributed by atoms with Crippen LogP contribution in [0.25, 0.3) is 16.9 Å². The van der Waals surface area contributed by atoms with E-state index in [0.717, 1.165) is 11.6 Å². The normalized spacial score (nSPS) is 11.9. The number of hydrogen-bond acceptors (Lipinski definition) is 1. The van der Waals surface area contributed by atoms with Gasteiger partial charge in [-0.1, -0.05) is 24.3 Å². The predicted octanol–water partition coefficient (Wildman–Crippen LogP) is 4.02. The van der Waals surface area contributed by atoms with Crippen molar-refractivity contribution in [1.29, 1.82) is 0 Å². The van der Waals surface area contributed by atoms with E-state index in [1.54, 1.807) is 35.0 Å². The molecule has 2 aromatic heterocycles. The number of nitrogens with zero attached hydrogens (tertiary/aromatic N) is 2. The van der Waals surface area contributed by atoms with Gasteiger partial charge < -0.3 is 0 Å². The molecule has 96 valence electrons. The molecule has 0 unspecified atom stereocenters. The molecule has 0 saturated carbocycles. The second-order valence-corrected chi connectivity index (χ2v) is 4.12. The maximum Gasteiger partial charge on any atom is 0.417 e. The highest BCUT2D eigenvalue weighted by molar-refractivity contribution is 5.66. The number of benzene rings is 1. The van der Waals surface area contributed by atoms with Crippen LogP contribution in [-0.2, 0) is 6.18 Å². The quantitative estimate of drug-likeness (QED) is 0.647. The van der Waals surface area contributed by atoms with Crippen molar-refractivity contribution in [3.8, 4) is 11.4 Å². The SMILES string of the molecule is FC(F)(F)c1ccccc1-c1ncc2ccccn12. The number of fused-ring (bicyclic) bond motifs is 1. The number of rotatable bonds is 1. The van der Waals surface area contributed by atoms with Gasteiger partial charge in [-0.15, -0.1) is 0 Å². The summed E-state index contributed by atoms with van der Waals surface area (Å²) in [5, 5.41) is 0. The monoisotopic (exact) mass is 262 g/mol. The lowest BCUT2D eigenvalue weighted by Gasteiger charge is -2.11. The maximum absolute atomic E-state index is 13.0. The molecule has 0 bridgehead atoms. The molecule has 0 spiro atoms. The van der Waals surface area contributed by atoms with Crippen LogP contribution in [-0.4, -0.2) is 9.38 Å². The molecule has 0 N–H and O–H groups in total. The molecule has 0 atom stereocenters. The third-order valence-electron chi connectivity index (χ3n) is 2.91. The largest absolute Gasteiger partial charge is 0.417 e. The molecule has 1 aromatic carbocycles. The second kappa shape index (κ2) is 4.12. The first-order chi connectivity index (χ1) is 9.07. The van der Waals surface area contributed by atoms with E-state index in [2.05, 4.69) is 4.98 Å². The molecular formula is C14H9F3N2. The average Bonchev–Trinajstić information content (AvgIpc) is 2.81. The van der Waals surface area contributed by atoms with Gasteiger partial charge in [0.05, 0.1) is 17.3 Å². The van der Waals surface area contributed by atoms with E-state index < -0.39 is 11.7 Å². The van der Waals surface area contributed by atoms with Crippen molar-refractivity contribution in [2.45, 2.75) is 6.18 Å². The molecule has 0 saturated heterocycles. The molecular weight excluding hydrogens is 253 g/mol. The second-order valence-electron chi connectivity index (χ2n) is 4.12. The van der Waals surface area contributed by atoms with Crippen LogP contribution >= 0.6 is 0 Å². The zero-order valence-electron chi connectivity index (χ0n) is 9.72. The van der Waals surface area contributed by atoms with Crippen LogP contribution in [0.2, 0.25) is 0 Å². The minimum Gasteiger partial charge on any atom is -0.300 e. The van der Waals surface area contributed by atoms with Crippen molar-refractivity contribution in [3.63, 3.8) is 0 Å². The fraction of sp³-hybridized carbons (Fsp3) is 0.0714. The molecule has 0 radical (unpaired) electrons. The maximum atomic E-state index is 13.0. The van der Waals surface area contributed by atoms with Gasteiger partial charge in [-0.2, -0.15) is 13.2 Å². The standard InChI is InChI=1S/C14H9F3N2/c15-14(16,17)12-7-2-1-6-11(12)13-18-9-10-5-3-4-8-19(10)13/h1-9H. The first-order valence-corrected chi connectivity index (χ1v) is 5.66. The Morgan fingerprint density at radius 2 is 1.68 bits per heavy atom. The molecule has 0 aliphatic rings. The third-order valence-corrected chi connectivity index (χ3v) is 2.91. The van der Waals surface area contributed by atoms with Crippen LogP contribution in [0.3, 0.4) is 0 Å². The highest BCUT2D eigenvalue weighted by atomic mass is 19.4. The van der Waals surface area contributed by atoms with Crippen LogP contribution in [0.4, 0.5) is 13.2 Å². The smallest absolute Gasteiger partial charge is 0.300 e. The van der Waals surface area contributed by atoms with E-state index in [1.807, 2.05) is 6.07 Å². The molecule has 0 aliphatic heterocycles. The minimum absolute atomic E-state index is 0.0844. The van der Waals surface area contributed by atoms with Crippen molar-refractivity contribution in [2.24, 2.45) is 0 Å². The molecule has 0 fully saturated rings. The minimum atomic E-state index is -4.39. The summed E-state index contributed by atoms with van der Waals surface area (Å²) >= 11 is 0. The van der Waals surface area contributed by atoms with Crippen LogP contribution in [0, 0.1) is 0 Å².